The first kappa shape index (κ1) is 17.3. The molecule has 3 rings (SSSR count). The minimum atomic E-state index is -0.470. The van der Waals surface area contributed by atoms with E-state index >= 15 is 0 Å². The van der Waals surface area contributed by atoms with Gasteiger partial charge >= 0.3 is 0 Å². The molecule has 1 aliphatic rings. The number of nitrogens with one attached hydrogen (secondary N) is 3. The summed E-state index contributed by atoms with van der Waals surface area (Å²) in [7, 11) is 0. The highest BCUT2D eigenvalue weighted by Crippen LogP contribution is 2.32. The molecular formula is C18H17N3O5. The minimum absolute atomic E-state index is 0.119. The van der Waals surface area contributed by atoms with E-state index in [2.05, 4.69) is 16.0 Å². The number of carbonyl (C=O) groups excluding carboxylic acids is 3. The standard InChI is InChI=1S/C18H17N3O5/c22-16(19-10-17(23)21-13-4-2-1-3-5-13)9-20-18(24)12-6-7-14-15(8-12)26-11-25-14/h1-8H,9-11H2,(H,19,22)(H,20,24)(H,21,23). The Bertz CT molecular complexity index is 823. The average molecular weight is 355 g/mol. The van der Waals surface area contributed by atoms with Gasteiger partial charge in [-0.2, -0.15) is 0 Å². The molecular weight excluding hydrogens is 338 g/mol. The zero-order valence-electron chi connectivity index (χ0n) is 13.8. The maximum Gasteiger partial charge on any atom is 0.251 e. The largest absolute Gasteiger partial charge is 0.454 e. The van der Waals surface area contributed by atoms with Crippen molar-refractivity contribution in [3.8, 4) is 11.5 Å². The minimum Gasteiger partial charge on any atom is -0.454 e. The number of carbonyl (C=O) groups is 3. The van der Waals surface area contributed by atoms with Gasteiger partial charge < -0.3 is 25.4 Å². The summed E-state index contributed by atoms with van der Waals surface area (Å²) in [6, 6.07) is 13.7. The molecule has 3 amide bonds. The van der Waals surface area contributed by atoms with Crippen molar-refractivity contribution in [2.75, 3.05) is 25.2 Å². The van der Waals surface area contributed by atoms with Gasteiger partial charge in [-0.3, -0.25) is 14.4 Å². The van der Waals surface area contributed by atoms with Crippen LogP contribution in [-0.4, -0.2) is 37.6 Å². The number of benzene rings is 2. The van der Waals surface area contributed by atoms with Crippen LogP contribution in [0.4, 0.5) is 5.69 Å². The van der Waals surface area contributed by atoms with Crippen LogP contribution < -0.4 is 25.4 Å². The van der Waals surface area contributed by atoms with Crippen molar-refractivity contribution in [1.82, 2.24) is 10.6 Å². The van der Waals surface area contributed by atoms with Gasteiger partial charge in [0.25, 0.3) is 5.91 Å². The van der Waals surface area contributed by atoms with Crippen molar-refractivity contribution in [3.05, 3.63) is 54.1 Å². The maximum absolute atomic E-state index is 12.1. The Hall–Kier alpha value is -3.55. The van der Waals surface area contributed by atoms with Gasteiger partial charge in [0.15, 0.2) is 11.5 Å². The van der Waals surface area contributed by atoms with Crippen LogP contribution in [0.5, 0.6) is 11.5 Å². The van der Waals surface area contributed by atoms with Crippen LogP contribution in [0.1, 0.15) is 10.4 Å². The summed E-state index contributed by atoms with van der Waals surface area (Å²) in [4.78, 5) is 35.6. The maximum atomic E-state index is 12.1. The van der Waals surface area contributed by atoms with Gasteiger partial charge in [0, 0.05) is 11.3 Å². The molecule has 26 heavy (non-hydrogen) atoms. The number of rotatable bonds is 6. The molecule has 0 spiro atoms. The summed E-state index contributed by atoms with van der Waals surface area (Å²) < 4.78 is 10.4. The van der Waals surface area contributed by atoms with Gasteiger partial charge in [0.2, 0.25) is 18.6 Å². The predicted molar refractivity (Wildman–Crippen MR) is 93.0 cm³/mol. The number of hydrogen-bond acceptors (Lipinski definition) is 5. The van der Waals surface area contributed by atoms with E-state index in [1.807, 2.05) is 6.07 Å². The molecule has 8 heteroatoms. The van der Waals surface area contributed by atoms with Crippen molar-refractivity contribution in [3.63, 3.8) is 0 Å². The van der Waals surface area contributed by atoms with Crippen LogP contribution >= 0.6 is 0 Å². The third kappa shape index (κ3) is 4.50. The summed E-state index contributed by atoms with van der Waals surface area (Å²) in [5.74, 6) is -0.190. The van der Waals surface area contributed by atoms with Gasteiger partial charge in [0.05, 0.1) is 13.1 Å². The third-order valence-electron chi connectivity index (χ3n) is 3.55. The van der Waals surface area contributed by atoms with E-state index in [1.54, 1.807) is 42.5 Å². The monoisotopic (exact) mass is 355 g/mol. The molecule has 134 valence electrons. The number of hydrogen-bond donors (Lipinski definition) is 3. The van der Waals surface area contributed by atoms with E-state index in [-0.39, 0.29) is 25.8 Å². The molecule has 2 aromatic carbocycles. The molecule has 0 saturated carbocycles. The van der Waals surface area contributed by atoms with Crippen molar-refractivity contribution in [2.24, 2.45) is 0 Å². The molecule has 3 N–H and O–H groups in total. The van der Waals surface area contributed by atoms with E-state index in [0.29, 0.717) is 22.7 Å². The molecule has 0 atom stereocenters. The molecule has 0 aliphatic carbocycles. The fourth-order valence-electron chi connectivity index (χ4n) is 2.27. The summed E-state index contributed by atoms with van der Waals surface area (Å²) in [5, 5.41) is 7.57. The molecule has 0 saturated heterocycles. The number of ether oxygens (including phenoxy) is 2. The molecule has 0 fully saturated rings. The zero-order valence-corrected chi connectivity index (χ0v) is 13.8. The number of amides is 3. The Kier molecular flexibility index (Phi) is 5.33. The third-order valence-corrected chi connectivity index (χ3v) is 3.55. The van der Waals surface area contributed by atoms with Gasteiger partial charge in [-0.25, -0.2) is 0 Å². The van der Waals surface area contributed by atoms with Crippen molar-refractivity contribution >= 4 is 23.4 Å². The van der Waals surface area contributed by atoms with Gasteiger partial charge in [-0.1, -0.05) is 18.2 Å². The van der Waals surface area contributed by atoms with E-state index in [9.17, 15) is 14.4 Å². The fourth-order valence-corrected chi connectivity index (χ4v) is 2.27. The Balaban J connectivity index is 1.41. The Morgan fingerprint density at radius 1 is 0.846 bits per heavy atom. The van der Waals surface area contributed by atoms with Crippen LogP contribution in [0.25, 0.3) is 0 Å². The van der Waals surface area contributed by atoms with Crippen molar-refractivity contribution in [1.29, 1.82) is 0 Å². The van der Waals surface area contributed by atoms with Gasteiger partial charge in [0.1, 0.15) is 0 Å². The smallest absolute Gasteiger partial charge is 0.251 e. The van der Waals surface area contributed by atoms with Crippen LogP contribution in [-0.2, 0) is 9.59 Å². The highest BCUT2D eigenvalue weighted by atomic mass is 16.7. The molecule has 0 radical (unpaired) electrons. The average Bonchev–Trinajstić information content (AvgIpc) is 3.13. The van der Waals surface area contributed by atoms with Crippen LogP contribution in [0.2, 0.25) is 0 Å². The first-order valence-electron chi connectivity index (χ1n) is 7.91. The lowest BCUT2D eigenvalue weighted by atomic mass is 10.2. The lowest BCUT2D eigenvalue weighted by Gasteiger charge is -2.08. The summed E-state index contributed by atoms with van der Waals surface area (Å²) >= 11 is 0. The second-order valence-electron chi connectivity index (χ2n) is 5.44. The second kappa shape index (κ2) is 8.02. The fraction of sp³-hybridized carbons (Fsp3) is 0.167. The van der Waals surface area contributed by atoms with Crippen molar-refractivity contribution < 1.29 is 23.9 Å². The quantitative estimate of drug-likeness (QED) is 0.714. The highest BCUT2D eigenvalue weighted by Gasteiger charge is 2.16. The zero-order chi connectivity index (χ0) is 18.4. The first-order chi connectivity index (χ1) is 12.6. The normalized spacial score (nSPS) is 11.5. The lowest BCUT2D eigenvalue weighted by Crippen LogP contribution is -2.40. The van der Waals surface area contributed by atoms with E-state index < -0.39 is 11.8 Å². The number of para-hydroxylation sites is 1. The Morgan fingerprint density at radius 3 is 2.38 bits per heavy atom. The van der Waals surface area contributed by atoms with Crippen LogP contribution in [0.15, 0.2) is 48.5 Å². The number of anilines is 1. The molecule has 2 aromatic rings. The summed E-state index contributed by atoms with van der Waals surface area (Å²) in [6.45, 7) is -0.312. The van der Waals surface area contributed by atoms with Crippen LogP contribution in [0.3, 0.4) is 0 Å². The molecule has 1 heterocycles. The Morgan fingerprint density at radius 2 is 1.58 bits per heavy atom. The summed E-state index contributed by atoms with van der Waals surface area (Å²) in [6.07, 6.45) is 0. The van der Waals surface area contributed by atoms with Crippen LogP contribution in [0, 0.1) is 0 Å². The Labute approximate surface area is 149 Å². The molecule has 1 aliphatic heterocycles. The summed E-state index contributed by atoms with van der Waals surface area (Å²) in [5.41, 5.74) is 0.992. The molecule has 8 nitrogen and oxygen atoms in total. The molecule has 0 unspecified atom stereocenters. The van der Waals surface area contributed by atoms with Crippen molar-refractivity contribution in [2.45, 2.75) is 0 Å². The highest BCUT2D eigenvalue weighted by molar-refractivity contribution is 5.98. The topological polar surface area (TPSA) is 106 Å². The van der Waals surface area contributed by atoms with E-state index in [1.165, 1.54) is 0 Å². The van der Waals surface area contributed by atoms with E-state index in [4.69, 9.17) is 9.47 Å². The van der Waals surface area contributed by atoms with Gasteiger partial charge in [-0.05, 0) is 30.3 Å². The predicted octanol–water partition coefficient (Wildman–Crippen LogP) is 0.900. The molecule has 0 bridgehead atoms. The second-order valence-corrected chi connectivity index (χ2v) is 5.44. The number of fused-ring (bicyclic) bond motifs is 1. The van der Waals surface area contributed by atoms with Gasteiger partial charge in [-0.15, -0.1) is 0 Å². The first-order valence-corrected chi connectivity index (χ1v) is 7.91. The SMILES string of the molecule is O=C(CNC(=O)c1ccc2c(c1)OCO2)NCC(=O)Nc1ccccc1. The lowest BCUT2D eigenvalue weighted by molar-refractivity contribution is -0.123. The van der Waals surface area contributed by atoms with E-state index in [0.717, 1.165) is 0 Å². The molecule has 0 aromatic heterocycles.